The molecule has 5 heteroatoms. The van der Waals surface area contributed by atoms with Gasteiger partial charge >= 0.3 is 0 Å². The number of aromatic nitrogens is 3. The van der Waals surface area contributed by atoms with Gasteiger partial charge in [-0.1, -0.05) is 26.2 Å². The van der Waals surface area contributed by atoms with E-state index in [2.05, 4.69) is 40.7 Å². The number of H-pyrrole nitrogens is 1. The lowest BCUT2D eigenvalue weighted by molar-refractivity contribution is 0.255. The lowest BCUT2D eigenvalue weighted by Gasteiger charge is -2.28. The van der Waals surface area contributed by atoms with Crippen molar-refractivity contribution >= 4 is 12.2 Å². The van der Waals surface area contributed by atoms with Crippen LogP contribution in [-0.4, -0.2) is 33.8 Å². The zero-order valence-corrected chi connectivity index (χ0v) is 12.5. The van der Waals surface area contributed by atoms with Crippen molar-refractivity contribution in [1.82, 2.24) is 19.7 Å². The predicted octanol–water partition coefficient (Wildman–Crippen LogP) is 3.46. The van der Waals surface area contributed by atoms with Crippen LogP contribution in [0.4, 0.5) is 0 Å². The third-order valence-electron chi connectivity index (χ3n) is 3.98. The third kappa shape index (κ3) is 2.67. The highest BCUT2D eigenvalue weighted by Gasteiger charge is 2.24. The van der Waals surface area contributed by atoms with E-state index in [9.17, 15) is 0 Å². The maximum absolute atomic E-state index is 5.43. The molecule has 0 saturated heterocycles. The molecule has 1 aliphatic carbocycles. The van der Waals surface area contributed by atoms with Crippen LogP contribution in [0.2, 0.25) is 0 Å². The van der Waals surface area contributed by atoms with E-state index < -0.39 is 0 Å². The van der Waals surface area contributed by atoms with Gasteiger partial charge in [-0.3, -0.25) is 14.6 Å². The van der Waals surface area contributed by atoms with Crippen molar-refractivity contribution in [3.8, 4) is 0 Å². The van der Waals surface area contributed by atoms with Crippen LogP contribution in [0, 0.1) is 4.77 Å². The van der Waals surface area contributed by atoms with Gasteiger partial charge in [0.15, 0.2) is 4.77 Å². The number of nitrogens with zero attached hydrogens (tertiary/aromatic N) is 3. The van der Waals surface area contributed by atoms with Gasteiger partial charge in [-0.15, -0.1) is 0 Å². The maximum Gasteiger partial charge on any atom is 0.195 e. The Morgan fingerprint density at radius 2 is 2.06 bits per heavy atom. The summed E-state index contributed by atoms with van der Waals surface area (Å²) >= 11 is 5.43. The lowest BCUT2D eigenvalue weighted by atomic mass is 9.95. The van der Waals surface area contributed by atoms with Gasteiger partial charge in [0.1, 0.15) is 5.82 Å². The standard InChI is InChI=1S/C13H24N4S/c1-4-11(16(2)3)12-14-15-13(18)17(12)10-8-6-5-7-9-10/h10-11H,4-9H2,1-3H3,(H,15,18). The minimum atomic E-state index is 0.347. The van der Waals surface area contributed by atoms with Crippen molar-refractivity contribution in [2.75, 3.05) is 14.1 Å². The molecule has 1 N–H and O–H groups in total. The van der Waals surface area contributed by atoms with Crippen molar-refractivity contribution in [2.24, 2.45) is 0 Å². The molecule has 1 aliphatic rings. The summed E-state index contributed by atoms with van der Waals surface area (Å²) in [6.07, 6.45) is 7.53. The first kappa shape index (κ1) is 13.7. The average molecular weight is 268 g/mol. The molecule has 1 atom stereocenters. The highest BCUT2D eigenvalue weighted by molar-refractivity contribution is 7.71. The average Bonchev–Trinajstić information content (AvgIpc) is 2.73. The Bertz CT molecular complexity index is 428. The molecule has 0 spiro atoms. The summed E-state index contributed by atoms with van der Waals surface area (Å²) in [5.41, 5.74) is 0. The fourth-order valence-electron chi connectivity index (χ4n) is 3.02. The van der Waals surface area contributed by atoms with Crippen LogP contribution in [0.3, 0.4) is 0 Å². The van der Waals surface area contributed by atoms with E-state index in [1.165, 1.54) is 32.1 Å². The molecule has 1 aromatic rings. The van der Waals surface area contributed by atoms with Gasteiger partial charge < -0.3 is 0 Å². The van der Waals surface area contributed by atoms with Gasteiger partial charge in [0, 0.05) is 6.04 Å². The fourth-order valence-corrected chi connectivity index (χ4v) is 3.31. The molecule has 0 bridgehead atoms. The minimum absolute atomic E-state index is 0.347. The number of hydrogen-bond donors (Lipinski definition) is 1. The second-order valence-electron chi connectivity index (χ2n) is 5.44. The molecule has 4 nitrogen and oxygen atoms in total. The molecule has 18 heavy (non-hydrogen) atoms. The summed E-state index contributed by atoms with van der Waals surface area (Å²) in [5.74, 6) is 1.11. The second-order valence-corrected chi connectivity index (χ2v) is 5.82. The van der Waals surface area contributed by atoms with E-state index in [-0.39, 0.29) is 0 Å². The van der Waals surface area contributed by atoms with Gasteiger partial charge in [0.2, 0.25) is 0 Å². The van der Waals surface area contributed by atoms with Crippen LogP contribution < -0.4 is 0 Å². The Hall–Kier alpha value is -0.680. The van der Waals surface area contributed by atoms with Gasteiger partial charge in [-0.2, -0.15) is 5.10 Å². The van der Waals surface area contributed by atoms with E-state index in [0.29, 0.717) is 12.1 Å². The van der Waals surface area contributed by atoms with Gasteiger partial charge in [0.05, 0.1) is 6.04 Å². The summed E-state index contributed by atoms with van der Waals surface area (Å²) in [6, 6.07) is 0.897. The van der Waals surface area contributed by atoms with Crippen LogP contribution in [-0.2, 0) is 0 Å². The second kappa shape index (κ2) is 5.97. The topological polar surface area (TPSA) is 36.9 Å². The van der Waals surface area contributed by atoms with Gasteiger partial charge in [0.25, 0.3) is 0 Å². The van der Waals surface area contributed by atoms with Crippen LogP contribution in [0.1, 0.15) is 63.4 Å². The minimum Gasteiger partial charge on any atom is -0.300 e. The third-order valence-corrected chi connectivity index (χ3v) is 4.27. The molecule has 102 valence electrons. The summed E-state index contributed by atoms with van der Waals surface area (Å²) in [6.45, 7) is 2.20. The quantitative estimate of drug-likeness (QED) is 0.850. The first-order chi connectivity index (χ1) is 8.65. The first-order valence-electron chi connectivity index (χ1n) is 6.98. The molecule has 1 heterocycles. The molecule has 2 rings (SSSR count). The Labute approximate surface area is 114 Å². The van der Waals surface area contributed by atoms with E-state index in [1.807, 2.05) is 0 Å². The fraction of sp³-hybridized carbons (Fsp3) is 0.846. The van der Waals surface area contributed by atoms with Crippen molar-refractivity contribution < 1.29 is 0 Å². The van der Waals surface area contributed by atoms with E-state index in [1.54, 1.807) is 0 Å². The predicted molar refractivity (Wildman–Crippen MR) is 76.3 cm³/mol. The molecule has 0 amide bonds. The molecule has 0 aliphatic heterocycles. The Kier molecular flexibility index (Phi) is 4.56. The van der Waals surface area contributed by atoms with Crippen LogP contribution in [0.15, 0.2) is 0 Å². The summed E-state index contributed by atoms with van der Waals surface area (Å²) in [5, 5.41) is 7.48. The molecular weight excluding hydrogens is 244 g/mol. The van der Waals surface area contributed by atoms with Gasteiger partial charge in [-0.25, -0.2) is 0 Å². The highest BCUT2D eigenvalue weighted by Crippen LogP contribution is 2.31. The Morgan fingerprint density at radius 1 is 1.39 bits per heavy atom. The van der Waals surface area contributed by atoms with Crippen LogP contribution in [0.25, 0.3) is 0 Å². The van der Waals surface area contributed by atoms with Crippen molar-refractivity contribution in [3.63, 3.8) is 0 Å². The molecule has 1 unspecified atom stereocenters. The first-order valence-corrected chi connectivity index (χ1v) is 7.39. The summed E-state index contributed by atoms with van der Waals surface area (Å²) < 4.78 is 3.07. The monoisotopic (exact) mass is 268 g/mol. The van der Waals surface area contributed by atoms with Crippen molar-refractivity contribution in [3.05, 3.63) is 10.6 Å². The lowest BCUT2D eigenvalue weighted by Crippen LogP contribution is -2.25. The molecule has 1 saturated carbocycles. The van der Waals surface area contributed by atoms with Gasteiger partial charge in [-0.05, 0) is 45.6 Å². The van der Waals surface area contributed by atoms with E-state index >= 15 is 0 Å². The van der Waals surface area contributed by atoms with Crippen molar-refractivity contribution in [2.45, 2.75) is 57.5 Å². The van der Waals surface area contributed by atoms with Crippen LogP contribution >= 0.6 is 12.2 Å². The summed E-state index contributed by atoms with van der Waals surface area (Å²) in [7, 11) is 4.22. The molecule has 0 radical (unpaired) electrons. The molecule has 0 aromatic carbocycles. The highest BCUT2D eigenvalue weighted by atomic mass is 32.1. The maximum atomic E-state index is 5.43. The number of rotatable bonds is 4. The molecule has 1 aromatic heterocycles. The SMILES string of the molecule is CCC(c1n[nH]c(=S)n1C1CCCCC1)N(C)C. The smallest absolute Gasteiger partial charge is 0.195 e. The van der Waals surface area contributed by atoms with Crippen molar-refractivity contribution in [1.29, 1.82) is 0 Å². The zero-order chi connectivity index (χ0) is 13.1. The Balaban J connectivity index is 2.33. The number of hydrogen-bond acceptors (Lipinski definition) is 3. The zero-order valence-electron chi connectivity index (χ0n) is 11.6. The molecule has 1 fully saturated rings. The van der Waals surface area contributed by atoms with Crippen LogP contribution in [0.5, 0.6) is 0 Å². The Morgan fingerprint density at radius 3 is 2.61 bits per heavy atom. The van der Waals surface area contributed by atoms with E-state index in [4.69, 9.17) is 12.2 Å². The normalized spacial score (nSPS) is 19.3. The largest absolute Gasteiger partial charge is 0.300 e. The number of aromatic amines is 1. The molecular formula is C13H24N4S. The number of nitrogens with one attached hydrogen (secondary N) is 1. The summed E-state index contributed by atoms with van der Waals surface area (Å²) in [4.78, 5) is 2.23. The van der Waals surface area contributed by atoms with E-state index in [0.717, 1.165) is 17.0 Å².